The minimum absolute atomic E-state index is 0.184. The summed E-state index contributed by atoms with van der Waals surface area (Å²) in [5, 5.41) is 5.82. The molecule has 1 fully saturated rings. The normalized spacial score (nSPS) is 16.5. The number of ether oxygens (including phenoxy) is 1. The Morgan fingerprint density at radius 2 is 1.82 bits per heavy atom. The van der Waals surface area contributed by atoms with Crippen LogP contribution in [0.2, 0.25) is 10.0 Å². The number of carbonyl (C=O) groups excluding carboxylic acids is 3. The van der Waals surface area contributed by atoms with Gasteiger partial charge in [-0.2, -0.15) is 0 Å². The molecule has 33 heavy (non-hydrogen) atoms. The van der Waals surface area contributed by atoms with E-state index in [2.05, 4.69) is 20.6 Å². The molecule has 1 aromatic heterocycles. The van der Waals surface area contributed by atoms with Gasteiger partial charge in [0.25, 0.3) is 0 Å². The lowest BCUT2D eigenvalue weighted by molar-refractivity contribution is -0.134. The molecule has 0 saturated carbocycles. The van der Waals surface area contributed by atoms with E-state index >= 15 is 0 Å². The summed E-state index contributed by atoms with van der Waals surface area (Å²) in [5.74, 6) is -1.15. The molecule has 2 N–H and O–H groups in total. The lowest BCUT2D eigenvalue weighted by Gasteiger charge is -2.24. The first-order valence-electron chi connectivity index (χ1n) is 10.5. The van der Waals surface area contributed by atoms with Crippen molar-refractivity contribution in [3.8, 4) is 0 Å². The fourth-order valence-electron chi connectivity index (χ4n) is 3.57. The maximum absolute atomic E-state index is 12.9. The predicted molar refractivity (Wildman–Crippen MR) is 124 cm³/mol. The number of halogens is 2. The zero-order valence-electron chi connectivity index (χ0n) is 18.7. The zero-order chi connectivity index (χ0) is 24.2. The minimum Gasteiger partial charge on any atom is -0.384 e. The minimum atomic E-state index is -0.958. The molecule has 1 aliphatic rings. The Hall–Kier alpha value is -2.55. The van der Waals surface area contributed by atoms with Crippen molar-refractivity contribution in [3.05, 3.63) is 57.1 Å². The van der Waals surface area contributed by atoms with Crippen molar-refractivity contribution in [2.24, 2.45) is 0 Å². The number of amides is 3. The number of hydrogen-bond acceptors (Lipinski definition) is 6. The number of nitrogens with zero attached hydrogens (tertiary/aromatic N) is 2. The van der Waals surface area contributed by atoms with Crippen molar-refractivity contribution < 1.29 is 19.1 Å². The van der Waals surface area contributed by atoms with Crippen molar-refractivity contribution in [3.63, 3.8) is 0 Å². The van der Waals surface area contributed by atoms with Gasteiger partial charge < -0.3 is 10.1 Å². The number of aromatic nitrogens is 2. The smallest absolute Gasteiger partial charge is 0.234 e. The first-order valence-corrected chi connectivity index (χ1v) is 11.3. The fraction of sp³-hybridized carbons (Fsp3) is 0.435. The van der Waals surface area contributed by atoms with E-state index in [4.69, 9.17) is 27.9 Å². The van der Waals surface area contributed by atoms with E-state index in [0.29, 0.717) is 46.4 Å². The summed E-state index contributed by atoms with van der Waals surface area (Å²) in [7, 11) is 1.63. The Bertz CT molecular complexity index is 1030. The molecule has 0 aliphatic carbocycles. The van der Waals surface area contributed by atoms with Crippen LogP contribution < -0.4 is 10.6 Å². The first-order chi connectivity index (χ1) is 15.6. The van der Waals surface area contributed by atoms with Crippen LogP contribution in [0.3, 0.4) is 0 Å². The second kappa shape index (κ2) is 10.6. The monoisotopic (exact) mass is 492 g/mol. The van der Waals surface area contributed by atoms with E-state index in [1.807, 2.05) is 0 Å². The molecule has 1 aliphatic heterocycles. The molecule has 176 valence electrons. The number of benzene rings is 1. The van der Waals surface area contributed by atoms with Gasteiger partial charge in [-0.15, -0.1) is 0 Å². The number of carbonyl (C=O) groups is 3. The topological polar surface area (TPSA) is 110 Å². The summed E-state index contributed by atoms with van der Waals surface area (Å²) >= 11 is 12.9. The molecule has 0 spiro atoms. The van der Waals surface area contributed by atoms with Crippen LogP contribution in [0.25, 0.3) is 0 Å². The second-order valence-corrected chi connectivity index (χ2v) is 9.26. The maximum Gasteiger partial charge on any atom is 0.234 e. The highest BCUT2D eigenvalue weighted by atomic mass is 35.5. The predicted octanol–water partition coefficient (Wildman–Crippen LogP) is 3.09. The van der Waals surface area contributed by atoms with Gasteiger partial charge in [-0.1, -0.05) is 23.2 Å². The third-order valence-electron chi connectivity index (χ3n) is 5.61. The maximum atomic E-state index is 12.9. The molecular formula is C23H26Cl2N4O4. The number of nitrogens with one attached hydrogen (secondary N) is 2. The summed E-state index contributed by atoms with van der Waals surface area (Å²) in [6.45, 7) is 4.25. The molecule has 8 nitrogen and oxygen atoms in total. The van der Waals surface area contributed by atoms with Gasteiger partial charge in [0.1, 0.15) is 11.2 Å². The summed E-state index contributed by atoms with van der Waals surface area (Å²) in [5.41, 5.74) is 1.14. The number of methoxy groups -OCH3 is 1. The quantitative estimate of drug-likeness (QED) is 0.547. The molecule has 0 bridgehead atoms. The van der Waals surface area contributed by atoms with Gasteiger partial charge in [-0.05, 0) is 49.9 Å². The number of rotatable bonds is 8. The number of piperidine rings is 1. The molecule has 10 heteroatoms. The Morgan fingerprint density at radius 1 is 1.18 bits per heavy atom. The molecular weight excluding hydrogens is 467 g/mol. The molecule has 1 saturated heterocycles. The summed E-state index contributed by atoms with van der Waals surface area (Å²) in [6, 6.07) is 3.34. The SMILES string of the molecule is COCCc1cnc(C(C)(C)C(=O)NCc2cc(Cl)c(C3CCC(=O)NC3=O)c(Cl)c2)nc1. The highest BCUT2D eigenvalue weighted by Crippen LogP contribution is 2.37. The van der Waals surface area contributed by atoms with Crippen molar-refractivity contribution in [1.82, 2.24) is 20.6 Å². The van der Waals surface area contributed by atoms with Crippen LogP contribution >= 0.6 is 23.2 Å². The van der Waals surface area contributed by atoms with Gasteiger partial charge in [-0.25, -0.2) is 9.97 Å². The third kappa shape index (κ3) is 5.88. The molecule has 0 radical (unpaired) electrons. The van der Waals surface area contributed by atoms with Crippen LogP contribution in [-0.2, 0) is 37.5 Å². The van der Waals surface area contributed by atoms with Crippen molar-refractivity contribution in [2.75, 3.05) is 13.7 Å². The Morgan fingerprint density at radius 3 is 2.39 bits per heavy atom. The molecule has 3 amide bonds. The standard InChI is InChI=1S/C23H26Cl2N4O4/c1-23(2,21-26-10-13(11-27-21)6-7-33-3)22(32)28-12-14-8-16(24)19(17(25)9-14)15-4-5-18(30)29-20(15)31/h8-11,15H,4-7,12H2,1-3H3,(H,28,32)(H,29,30,31). The average Bonchev–Trinajstić information content (AvgIpc) is 2.77. The van der Waals surface area contributed by atoms with Crippen LogP contribution in [0, 0.1) is 0 Å². The molecule has 1 aromatic carbocycles. The fourth-order valence-corrected chi connectivity index (χ4v) is 4.37. The highest BCUT2D eigenvalue weighted by molar-refractivity contribution is 6.36. The molecule has 3 rings (SSSR count). The summed E-state index contributed by atoms with van der Waals surface area (Å²) in [6.07, 6.45) is 4.66. The van der Waals surface area contributed by atoms with Crippen LogP contribution in [0.1, 0.15) is 55.1 Å². The molecule has 1 atom stereocenters. The van der Waals surface area contributed by atoms with Crippen molar-refractivity contribution in [2.45, 2.75) is 51.0 Å². The summed E-state index contributed by atoms with van der Waals surface area (Å²) in [4.78, 5) is 45.2. The third-order valence-corrected chi connectivity index (χ3v) is 6.23. The van der Waals surface area contributed by atoms with Gasteiger partial charge in [-0.3, -0.25) is 19.7 Å². The van der Waals surface area contributed by atoms with E-state index in [0.717, 1.165) is 5.56 Å². The molecule has 1 unspecified atom stereocenters. The van der Waals surface area contributed by atoms with E-state index in [1.165, 1.54) is 0 Å². The number of imide groups is 1. The van der Waals surface area contributed by atoms with Crippen molar-refractivity contribution >= 4 is 40.9 Å². The van der Waals surface area contributed by atoms with E-state index < -0.39 is 17.2 Å². The van der Waals surface area contributed by atoms with Gasteiger partial charge in [0.2, 0.25) is 17.7 Å². The van der Waals surface area contributed by atoms with Gasteiger partial charge in [0.05, 0.1) is 12.5 Å². The lowest BCUT2D eigenvalue weighted by Crippen LogP contribution is -2.41. The number of hydrogen-bond donors (Lipinski definition) is 2. The van der Waals surface area contributed by atoms with Crippen molar-refractivity contribution in [1.29, 1.82) is 0 Å². The van der Waals surface area contributed by atoms with E-state index in [9.17, 15) is 14.4 Å². The van der Waals surface area contributed by atoms with Crippen LogP contribution in [0.5, 0.6) is 0 Å². The first kappa shape index (κ1) is 25.1. The van der Waals surface area contributed by atoms with Crippen LogP contribution in [0.4, 0.5) is 0 Å². The Balaban J connectivity index is 1.68. The van der Waals surface area contributed by atoms with E-state index in [-0.39, 0.29) is 24.8 Å². The second-order valence-electron chi connectivity index (χ2n) is 8.44. The Kier molecular flexibility index (Phi) is 8.05. The van der Waals surface area contributed by atoms with Gasteiger partial charge in [0, 0.05) is 48.1 Å². The molecule has 2 aromatic rings. The summed E-state index contributed by atoms with van der Waals surface area (Å²) < 4.78 is 5.05. The van der Waals surface area contributed by atoms with Crippen LogP contribution in [-0.4, -0.2) is 41.4 Å². The average molecular weight is 493 g/mol. The zero-order valence-corrected chi connectivity index (χ0v) is 20.2. The lowest BCUT2D eigenvalue weighted by atomic mass is 9.89. The molecule has 2 heterocycles. The van der Waals surface area contributed by atoms with Gasteiger partial charge >= 0.3 is 0 Å². The largest absolute Gasteiger partial charge is 0.384 e. The highest BCUT2D eigenvalue weighted by Gasteiger charge is 2.33. The Labute approximate surface area is 202 Å². The van der Waals surface area contributed by atoms with Gasteiger partial charge in [0.15, 0.2) is 0 Å². The van der Waals surface area contributed by atoms with E-state index in [1.54, 1.807) is 45.5 Å². The van der Waals surface area contributed by atoms with Crippen LogP contribution in [0.15, 0.2) is 24.5 Å².